The van der Waals surface area contributed by atoms with E-state index in [1.807, 2.05) is 36.4 Å². The van der Waals surface area contributed by atoms with Crippen molar-refractivity contribution in [2.45, 2.75) is 51.9 Å². The number of pyridine rings is 1. The molecule has 13 nitrogen and oxygen atoms in total. The van der Waals surface area contributed by atoms with Gasteiger partial charge in [0.1, 0.15) is 18.6 Å². The molecule has 1 aromatic carbocycles. The topological polar surface area (TPSA) is 172 Å². The van der Waals surface area contributed by atoms with Gasteiger partial charge in [-0.15, -0.1) is 0 Å². The summed E-state index contributed by atoms with van der Waals surface area (Å²) in [5.41, 5.74) is 0.548. The minimum absolute atomic E-state index is 0.0650. The first kappa shape index (κ1) is 32.8. The molecule has 0 radical (unpaired) electrons. The smallest absolute Gasteiger partial charge is 0.332 e. The van der Waals surface area contributed by atoms with E-state index in [0.29, 0.717) is 0 Å². The zero-order valence-corrected chi connectivity index (χ0v) is 24.4. The molecule has 13 heteroatoms. The van der Waals surface area contributed by atoms with Gasteiger partial charge in [-0.2, -0.15) is 5.26 Å². The van der Waals surface area contributed by atoms with Crippen molar-refractivity contribution >= 4 is 23.8 Å². The molecule has 1 fully saturated rings. The van der Waals surface area contributed by atoms with Gasteiger partial charge < -0.3 is 33.7 Å². The lowest BCUT2D eigenvalue weighted by molar-refractivity contribution is -0.176. The third-order valence-corrected chi connectivity index (χ3v) is 6.42. The molecule has 1 saturated heterocycles. The van der Waals surface area contributed by atoms with Crippen LogP contribution in [-0.2, 0) is 39.8 Å². The Morgan fingerprint density at radius 3 is 2.58 bits per heavy atom. The third-order valence-electron chi connectivity index (χ3n) is 6.42. The maximum absolute atomic E-state index is 13.4. The molecule has 1 aliphatic rings. The second kappa shape index (κ2) is 16.1. The number of hydrogen-bond acceptors (Lipinski definition) is 12. The van der Waals surface area contributed by atoms with Crippen LogP contribution >= 0.6 is 0 Å². The second-order valence-electron chi connectivity index (χ2n) is 9.92. The molecule has 0 bridgehead atoms. The number of esters is 3. The Labute approximate surface area is 249 Å². The number of benzene rings is 1. The van der Waals surface area contributed by atoms with E-state index in [1.165, 1.54) is 26.3 Å². The van der Waals surface area contributed by atoms with Gasteiger partial charge in [0, 0.05) is 12.3 Å². The minimum Gasteiger partial charge on any atom is -0.493 e. The predicted octanol–water partition coefficient (Wildman–Crippen LogP) is 2.37. The Hall–Kier alpha value is -4.70. The fourth-order valence-electron chi connectivity index (χ4n) is 4.15. The molecular formula is C30H35N3O10. The van der Waals surface area contributed by atoms with Crippen molar-refractivity contribution in [3.63, 3.8) is 0 Å². The van der Waals surface area contributed by atoms with Crippen LogP contribution in [0.25, 0.3) is 0 Å². The van der Waals surface area contributed by atoms with Crippen LogP contribution in [0, 0.1) is 23.2 Å². The largest absolute Gasteiger partial charge is 0.493 e. The normalized spacial score (nSPS) is 20.4. The first-order valence-corrected chi connectivity index (χ1v) is 13.7. The van der Waals surface area contributed by atoms with Crippen LogP contribution in [0.2, 0.25) is 0 Å². The second-order valence-corrected chi connectivity index (χ2v) is 9.92. The number of aromatic nitrogens is 1. The Morgan fingerprint density at radius 1 is 1.16 bits per heavy atom. The van der Waals surface area contributed by atoms with Crippen LogP contribution in [0.4, 0.5) is 0 Å². The van der Waals surface area contributed by atoms with E-state index in [-0.39, 0.29) is 43.4 Å². The Kier molecular flexibility index (Phi) is 12.3. The van der Waals surface area contributed by atoms with E-state index >= 15 is 0 Å². The lowest BCUT2D eigenvalue weighted by Gasteiger charge is -2.29. The van der Waals surface area contributed by atoms with Gasteiger partial charge >= 0.3 is 17.9 Å². The van der Waals surface area contributed by atoms with Crippen molar-refractivity contribution in [3.8, 4) is 17.6 Å². The zero-order valence-electron chi connectivity index (χ0n) is 24.4. The van der Waals surface area contributed by atoms with Crippen molar-refractivity contribution in [2.75, 3.05) is 27.1 Å². The van der Waals surface area contributed by atoms with Crippen LogP contribution in [0.3, 0.4) is 0 Å². The van der Waals surface area contributed by atoms with Crippen LogP contribution < -0.4 is 14.8 Å². The summed E-state index contributed by atoms with van der Waals surface area (Å²) in [7, 11) is 1.37. The Balaban J connectivity index is 1.84. The number of carbonyl (C=O) groups excluding carboxylic acids is 4. The molecule has 0 aliphatic carbocycles. The molecule has 0 spiro atoms. The summed E-state index contributed by atoms with van der Waals surface area (Å²) in [4.78, 5) is 56.6. The number of methoxy groups -OCH3 is 1. The first-order chi connectivity index (χ1) is 20.7. The molecule has 0 saturated carbocycles. The van der Waals surface area contributed by atoms with Crippen LogP contribution in [0.1, 0.15) is 43.2 Å². The highest BCUT2D eigenvalue weighted by molar-refractivity contribution is 5.98. The summed E-state index contributed by atoms with van der Waals surface area (Å²) in [6.45, 7) is 4.05. The predicted molar refractivity (Wildman–Crippen MR) is 149 cm³/mol. The van der Waals surface area contributed by atoms with Crippen LogP contribution in [-0.4, -0.2) is 74.2 Å². The number of nitriles is 1. The van der Waals surface area contributed by atoms with Gasteiger partial charge in [-0.3, -0.25) is 14.4 Å². The van der Waals surface area contributed by atoms with Crippen molar-refractivity contribution in [1.82, 2.24) is 10.3 Å². The monoisotopic (exact) mass is 597 g/mol. The van der Waals surface area contributed by atoms with E-state index < -0.39 is 60.5 Å². The molecule has 230 valence electrons. The summed E-state index contributed by atoms with van der Waals surface area (Å²) in [5, 5.41) is 11.1. The van der Waals surface area contributed by atoms with Gasteiger partial charge in [-0.25, -0.2) is 9.78 Å². The molecule has 2 aromatic rings. The first-order valence-electron chi connectivity index (χ1n) is 13.7. The number of hydrogen-bond donors (Lipinski definition) is 1. The quantitative estimate of drug-likeness (QED) is 0.164. The highest BCUT2D eigenvalue weighted by Crippen LogP contribution is 2.30. The molecule has 43 heavy (non-hydrogen) atoms. The number of ether oxygens (including phenoxy) is 6. The van der Waals surface area contributed by atoms with Crippen LogP contribution in [0.15, 0.2) is 42.6 Å². The SMILES string of the molecule is COc1ccnc(C(=O)N[C@H]2COC(=O)[C@H](Cc3ccccc3)[C@@H](OC(=O)C(C)C)[C@H](C)OC2=O)c1OCOCCC#N. The molecule has 1 aliphatic heterocycles. The Morgan fingerprint density at radius 2 is 1.91 bits per heavy atom. The van der Waals surface area contributed by atoms with Gasteiger partial charge in [0.15, 0.2) is 36.1 Å². The van der Waals surface area contributed by atoms with Gasteiger partial charge in [-0.1, -0.05) is 44.2 Å². The van der Waals surface area contributed by atoms with Gasteiger partial charge in [0.25, 0.3) is 5.91 Å². The van der Waals surface area contributed by atoms with Crippen molar-refractivity contribution in [2.24, 2.45) is 11.8 Å². The van der Waals surface area contributed by atoms with Crippen LogP contribution in [0.5, 0.6) is 11.5 Å². The number of nitrogens with one attached hydrogen (secondary N) is 1. The molecule has 1 N–H and O–H groups in total. The lowest BCUT2D eigenvalue weighted by Crippen LogP contribution is -2.47. The summed E-state index contributed by atoms with van der Waals surface area (Å²) in [6.07, 6.45) is -0.608. The standard InChI is InChI=1S/C30H35N3O10/c1-18(2)28(35)43-25-19(3)42-30(37)22(16-40-29(36)21(25)15-20-9-6-5-7-10-20)33-27(34)24-26(23(38-4)11-13-32-24)41-17-39-14-8-12-31/h5-7,9-11,13,18-19,21-22,25H,8,14-17H2,1-4H3,(H,33,34)/t19-,21+,22-,25-/m0/s1. The molecule has 4 atom stereocenters. The van der Waals surface area contributed by atoms with Gasteiger partial charge in [-0.05, 0) is 18.9 Å². The fourth-order valence-corrected chi connectivity index (χ4v) is 4.15. The minimum atomic E-state index is -1.43. The maximum Gasteiger partial charge on any atom is 0.332 e. The van der Waals surface area contributed by atoms with E-state index in [0.717, 1.165) is 5.56 Å². The molecule has 1 amide bonds. The van der Waals surface area contributed by atoms with Gasteiger partial charge in [0.2, 0.25) is 0 Å². The summed E-state index contributed by atoms with van der Waals surface area (Å²) in [5.74, 6) is -4.46. The molecule has 0 unspecified atom stereocenters. The van der Waals surface area contributed by atoms with E-state index in [4.69, 9.17) is 33.7 Å². The average Bonchev–Trinajstić information content (AvgIpc) is 3.03. The number of amides is 1. The summed E-state index contributed by atoms with van der Waals surface area (Å²) < 4.78 is 32.8. The molecule has 2 heterocycles. The van der Waals surface area contributed by atoms with Crippen molar-refractivity contribution in [1.29, 1.82) is 5.26 Å². The Bertz CT molecular complexity index is 1310. The van der Waals surface area contributed by atoms with Gasteiger partial charge in [0.05, 0.1) is 32.1 Å². The third kappa shape index (κ3) is 9.14. The maximum atomic E-state index is 13.4. The molecular weight excluding hydrogens is 562 g/mol. The average molecular weight is 598 g/mol. The molecule has 3 rings (SSSR count). The fraction of sp³-hybridized carbons (Fsp3) is 0.467. The highest BCUT2D eigenvalue weighted by atomic mass is 16.7. The zero-order chi connectivity index (χ0) is 31.4. The van der Waals surface area contributed by atoms with E-state index in [9.17, 15) is 19.2 Å². The molecule has 1 aromatic heterocycles. The summed E-state index contributed by atoms with van der Waals surface area (Å²) >= 11 is 0. The number of cyclic esters (lactones) is 2. The summed E-state index contributed by atoms with van der Waals surface area (Å²) in [6, 6.07) is 11.0. The van der Waals surface area contributed by atoms with E-state index in [1.54, 1.807) is 13.8 Å². The lowest BCUT2D eigenvalue weighted by atomic mass is 9.91. The number of nitrogens with zero attached hydrogens (tertiary/aromatic N) is 2. The number of carbonyl (C=O) groups is 4. The highest BCUT2D eigenvalue weighted by Gasteiger charge is 2.42. The van der Waals surface area contributed by atoms with Crippen molar-refractivity contribution < 1.29 is 47.6 Å². The van der Waals surface area contributed by atoms with Crippen molar-refractivity contribution in [3.05, 3.63) is 53.9 Å². The number of rotatable bonds is 12. The van der Waals surface area contributed by atoms with E-state index in [2.05, 4.69) is 10.3 Å².